The summed E-state index contributed by atoms with van der Waals surface area (Å²) in [4.78, 5) is 33.0. The summed E-state index contributed by atoms with van der Waals surface area (Å²) < 4.78 is 1.93. The Hall–Kier alpha value is -2.38. The summed E-state index contributed by atoms with van der Waals surface area (Å²) >= 11 is 1.51. The van der Waals surface area contributed by atoms with E-state index in [1.54, 1.807) is 0 Å². The van der Waals surface area contributed by atoms with Crippen LogP contribution in [0.25, 0.3) is 11.0 Å². The largest absolute Gasteiger partial charge is 0.335 e. The first kappa shape index (κ1) is 16.8. The van der Waals surface area contributed by atoms with Gasteiger partial charge >= 0.3 is 5.69 Å². The SMILES string of the molecule is O=C(c1cccs1)N1CC(N2CCC(n3c(=O)[nH]c4ccccc43)CC2)C1. The maximum atomic E-state index is 12.4. The van der Waals surface area contributed by atoms with Gasteiger partial charge in [0.15, 0.2) is 0 Å². The predicted octanol–water partition coefficient (Wildman–Crippen LogP) is 2.55. The van der Waals surface area contributed by atoms with Crippen molar-refractivity contribution in [3.05, 3.63) is 57.1 Å². The number of thiophene rings is 1. The zero-order chi connectivity index (χ0) is 18.4. The second-order valence-corrected chi connectivity index (χ2v) is 8.37. The topological polar surface area (TPSA) is 61.3 Å². The van der Waals surface area contributed by atoms with Crippen LogP contribution in [0, 0.1) is 0 Å². The molecule has 0 saturated carbocycles. The molecule has 5 rings (SSSR count). The van der Waals surface area contributed by atoms with Crippen molar-refractivity contribution >= 4 is 28.3 Å². The second kappa shape index (κ2) is 6.65. The van der Waals surface area contributed by atoms with Crippen molar-refractivity contribution in [2.24, 2.45) is 0 Å². The molecule has 0 unspecified atom stereocenters. The van der Waals surface area contributed by atoms with Crippen molar-refractivity contribution in [3.8, 4) is 0 Å². The molecule has 0 bridgehead atoms. The molecule has 0 atom stereocenters. The fourth-order valence-electron chi connectivity index (χ4n) is 4.35. The van der Waals surface area contributed by atoms with Crippen molar-refractivity contribution in [2.45, 2.75) is 24.9 Å². The van der Waals surface area contributed by atoms with E-state index in [1.807, 2.05) is 51.2 Å². The maximum absolute atomic E-state index is 12.4. The molecule has 0 aliphatic carbocycles. The monoisotopic (exact) mass is 382 g/mol. The quantitative estimate of drug-likeness (QED) is 0.757. The number of H-pyrrole nitrogens is 1. The number of hydrogen-bond donors (Lipinski definition) is 1. The number of nitrogens with zero attached hydrogens (tertiary/aromatic N) is 3. The molecule has 7 heteroatoms. The van der Waals surface area contributed by atoms with Gasteiger partial charge in [-0.3, -0.25) is 14.3 Å². The Morgan fingerprint density at radius 3 is 2.56 bits per heavy atom. The lowest BCUT2D eigenvalue weighted by Crippen LogP contribution is -2.62. The Kier molecular flexibility index (Phi) is 4.13. The van der Waals surface area contributed by atoms with Gasteiger partial charge in [-0.15, -0.1) is 11.3 Å². The van der Waals surface area contributed by atoms with Crippen LogP contribution in [0.3, 0.4) is 0 Å². The number of nitrogens with one attached hydrogen (secondary N) is 1. The van der Waals surface area contributed by atoms with Crippen LogP contribution in [-0.2, 0) is 0 Å². The van der Waals surface area contributed by atoms with Crippen LogP contribution in [0.5, 0.6) is 0 Å². The summed E-state index contributed by atoms with van der Waals surface area (Å²) in [5.74, 6) is 0.154. The average molecular weight is 382 g/mol. The molecule has 3 aromatic rings. The highest BCUT2D eigenvalue weighted by Gasteiger charge is 2.37. The third-order valence-corrected chi connectivity index (χ3v) is 6.74. The Morgan fingerprint density at radius 2 is 1.81 bits per heavy atom. The molecule has 2 aromatic heterocycles. The van der Waals surface area contributed by atoms with E-state index in [9.17, 15) is 9.59 Å². The Balaban J connectivity index is 1.21. The van der Waals surface area contributed by atoms with E-state index in [2.05, 4.69) is 9.88 Å². The molecule has 4 heterocycles. The number of aromatic amines is 1. The summed E-state index contributed by atoms with van der Waals surface area (Å²) in [6, 6.07) is 12.4. The third-order valence-electron chi connectivity index (χ3n) is 5.89. The Labute approximate surface area is 161 Å². The third kappa shape index (κ3) is 2.91. The molecule has 2 saturated heterocycles. The number of fused-ring (bicyclic) bond motifs is 1. The molecular formula is C20H22N4O2S. The summed E-state index contributed by atoms with van der Waals surface area (Å²) in [5.41, 5.74) is 1.90. The molecule has 1 aromatic carbocycles. The van der Waals surface area contributed by atoms with E-state index in [0.717, 1.165) is 54.9 Å². The van der Waals surface area contributed by atoms with Gasteiger partial charge in [-0.05, 0) is 36.4 Å². The van der Waals surface area contributed by atoms with Crippen LogP contribution in [0.4, 0.5) is 0 Å². The lowest BCUT2D eigenvalue weighted by Gasteiger charge is -2.47. The fourth-order valence-corrected chi connectivity index (χ4v) is 5.04. The minimum atomic E-state index is -0.00832. The van der Waals surface area contributed by atoms with Gasteiger partial charge in [0.1, 0.15) is 0 Å². The zero-order valence-electron chi connectivity index (χ0n) is 15.0. The van der Waals surface area contributed by atoms with Crippen molar-refractivity contribution in [2.75, 3.05) is 26.2 Å². The normalized spacial score (nSPS) is 19.5. The van der Waals surface area contributed by atoms with Crippen LogP contribution >= 0.6 is 11.3 Å². The summed E-state index contributed by atoms with van der Waals surface area (Å²) in [6.45, 7) is 3.58. The van der Waals surface area contributed by atoms with Crippen LogP contribution in [0.1, 0.15) is 28.6 Å². The highest BCUT2D eigenvalue weighted by Crippen LogP contribution is 2.28. The lowest BCUT2D eigenvalue weighted by atomic mass is 9.99. The highest BCUT2D eigenvalue weighted by molar-refractivity contribution is 7.12. The molecule has 2 fully saturated rings. The van der Waals surface area contributed by atoms with Gasteiger partial charge in [-0.25, -0.2) is 4.79 Å². The van der Waals surface area contributed by atoms with Crippen LogP contribution < -0.4 is 5.69 Å². The second-order valence-electron chi connectivity index (χ2n) is 7.43. The van der Waals surface area contributed by atoms with E-state index in [4.69, 9.17) is 0 Å². The number of benzene rings is 1. The number of rotatable bonds is 3. The van der Waals surface area contributed by atoms with E-state index >= 15 is 0 Å². The molecule has 6 nitrogen and oxygen atoms in total. The zero-order valence-corrected chi connectivity index (χ0v) is 15.8. The van der Waals surface area contributed by atoms with Gasteiger partial charge < -0.3 is 9.88 Å². The molecule has 1 N–H and O–H groups in total. The van der Waals surface area contributed by atoms with E-state index in [1.165, 1.54) is 11.3 Å². The smallest absolute Gasteiger partial charge is 0.326 e. The molecule has 27 heavy (non-hydrogen) atoms. The average Bonchev–Trinajstić information content (AvgIpc) is 3.28. The summed E-state index contributed by atoms with van der Waals surface area (Å²) in [7, 11) is 0. The first-order valence-corrected chi connectivity index (χ1v) is 10.3. The van der Waals surface area contributed by atoms with E-state index < -0.39 is 0 Å². The van der Waals surface area contributed by atoms with Crippen LogP contribution in [-0.4, -0.2) is 57.5 Å². The molecule has 1 amide bonds. The molecular weight excluding hydrogens is 360 g/mol. The van der Waals surface area contributed by atoms with Crippen LogP contribution in [0.2, 0.25) is 0 Å². The Bertz CT molecular complexity index is 1010. The Morgan fingerprint density at radius 1 is 1.04 bits per heavy atom. The van der Waals surface area contributed by atoms with Crippen molar-refractivity contribution in [3.63, 3.8) is 0 Å². The summed E-state index contributed by atoms with van der Waals surface area (Å²) in [6.07, 6.45) is 1.94. The van der Waals surface area contributed by atoms with E-state index in [-0.39, 0.29) is 17.6 Å². The van der Waals surface area contributed by atoms with Gasteiger partial charge in [0.2, 0.25) is 0 Å². The minimum absolute atomic E-state index is 0.00832. The molecule has 0 spiro atoms. The summed E-state index contributed by atoms with van der Waals surface area (Å²) in [5, 5.41) is 1.95. The van der Waals surface area contributed by atoms with Gasteiger partial charge in [0.25, 0.3) is 5.91 Å². The number of hydrogen-bond acceptors (Lipinski definition) is 4. The number of para-hydroxylation sites is 2. The van der Waals surface area contributed by atoms with Crippen molar-refractivity contribution in [1.29, 1.82) is 0 Å². The van der Waals surface area contributed by atoms with Crippen LogP contribution in [0.15, 0.2) is 46.6 Å². The minimum Gasteiger partial charge on any atom is -0.335 e. The number of piperidine rings is 1. The number of likely N-dealkylation sites (tertiary alicyclic amines) is 2. The van der Waals surface area contributed by atoms with Gasteiger partial charge in [-0.2, -0.15) is 0 Å². The number of imidazole rings is 1. The number of carbonyl (C=O) groups excluding carboxylic acids is 1. The van der Waals surface area contributed by atoms with Crippen molar-refractivity contribution < 1.29 is 4.79 Å². The number of carbonyl (C=O) groups is 1. The van der Waals surface area contributed by atoms with E-state index in [0.29, 0.717) is 6.04 Å². The molecule has 2 aliphatic rings. The lowest BCUT2D eigenvalue weighted by molar-refractivity contribution is 0.0157. The standard InChI is InChI=1S/C20H22N4O2S/c25-19(18-6-3-11-27-18)23-12-15(13-23)22-9-7-14(8-10-22)24-17-5-2-1-4-16(17)21-20(24)26/h1-6,11,14-15H,7-10,12-13H2,(H,21,26). The molecule has 140 valence electrons. The van der Waals surface area contributed by atoms with Gasteiger partial charge in [0, 0.05) is 38.3 Å². The highest BCUT2D eigenvalue weighted by atomic mass is 32.1. The number of aromatic nitrogens is 2. The first-order chi connectivity index (χ1) is 13.2. The molecule has 2 aliphatic heterocycles. The van der Waals surface area contributed by atoms with Gasteiger partial charge in [-0.1, -0.05) is 18.2 Å². The van der Waals surface area contributed by atoms with Gasteiger partial charge in [0.05, 0.1) is 15.9 Å². The molecule has 0 radical (unpaired) electrons. The van der Waals surface area contributed by atoms with Crippen molar-refractivity contribution in [1.82, 2.24) is 19.4 Å². The maximum Gasteiger partial charge on any atom is 0.326 e. The first-order valence-electron chi connectivity index (χ1n) is 9.47. The fraction of sp³-hybridized carbons (Fsp3) is 0.400. The number of amides is 1. The predicted molar refractivity (Wildman–Crippen MR) is 106 cm³/mol.